The number of H-pyrrole nitrogens is 1. The molecule has 0 radical (unpaired) electrons. The van der Waals surface area contributed by atoms with Gasteiger partial charge in [-0.1, -0.05) is 11.6 Å². The molecule has 0 bridgehead atoms. The maximum absolute atomic E-state index is 15.0. The molecule has 2 heterocycles. The van der Waals surface area contributed by atoms with Crippen molar-refractivity contribution in [3.63, 3.8) is 0 Å². The molecule has 1 unspecified atom stereocenters. The molecule has 1 atom stereocenters. The molecule has 1 aromatic carbocycles. The van der Waals surface area contributed by atoms with E-state index in [4.69, 9.17) is 20.8 Å². The Morgan fingerprint density at radius 3 is 2.50 bits per heavy atom. The summed E-state index contributed by atoms with van der Waals surface area (Å²) in [7, 11) is 1.10. The van der Waals surface area contributed by atoms with E-state index < -0.39 is 52.7 Å². The first kappa shape index (κ1) is 25.0. The van der Waals surface area contributed by atoms with E-state index in [9.17, 15) is 27.2 Å². The molecule has 34 heavy (non-hydrogen) atoms. The summed E-state index contributed by atoms with van der Waals surface area (Å²) in [4.78, 5) is 28.4. The van der Waals surface area contributed by atoms with Gasteiger partial charge in [0.05, 0.1) is 23.9 Å². The molecular weight excluding hydrogens is 488 g/mol. The molecule has 182 valence electrons. The lowest BCUT2D eigenvalue weighted by Crippen LogP contribution is -2.32. The maximum atomic E-state index is 15.0. The van der Waals surface area contributed by atoms with Crippen LogP contribution in [-0.2, 0) is 4.74 Å². The summed E-state index contributed by atoms with van der Waals surface area (Å²) in [6.07, 6.45) is -7.14. The number of rotatable bonds is 6. The topological polar surface area (TPSA) is 119 Å². The Morgan fingerprint density at radius 2 is 1.94 bits per heavy atom. The fourth-order valence-electron chi connectivity index (χ4n) is 2.77. The Kier molecular flexibility index (Phi) is 6.87. The van der Waals surface area contributed by atoms with Crippen molar-refractivity contribution in [2.75, 3.05) is 12.4 Å². The number of aromatic amines is 1. The Bertz CT molecular complexity index is 1240. The number of nitrogens with zero attached hydrogens (tertiary/aromatic N) is 2. The fraction of sp³-hybridized carbons (Fsp3) is 0.300. The van der Waals surface area contributed by atoms with Crippen molar-refractivity contribution in [2.24, 2.45) is 0 Å². The van der Waals surface area contributed by atoms with Crippen LogP contribution in [0.25, 0.3) is 11.5 Å². The third kappa shape index (κ3) is 4.98. The SMILES string of the molecule is COC(=O)c1nc(-c2cc(OC(C)C(F)(F)F)c(C(=O)Nc3c(Cl)n[nH]c3C)cc2F)oc1C. The number of methoxy groups -OCH3 is 1. The van der Waals surface area contributed by atoms with Crippen LogP contribution in [0.15, 0.2) is 16.5 Å². The summed E-state index contributed by atoms with van der Waals surface area (Å²) < 4.78 is 69.3. The van der Waals surface area contributed by atoms with Crippen molar-refractivity contribution in [1.29, 1.82) is 0 Å². The Hall–Kier alpha value is -3.61. The van der Waals surface area contributed by atoms with Gasteiger partial charge in [-0.15, -0.1) is 0 Å². The third-order valence-electron chi connectivity index (χ3n) is 4.63. The number of benzene rings is 1. The molecule has 3 aromatic rings. The van der Waals surface area contributed by atoms with Gasteiger partial charge in [-0.05, 0) is 32.9 Å². The number of amides is 1. The lowest BCUT2D eigenvalue weighted by molar-refractivity contribution is -0.189. The van der Waals surface area contributed by atoms with Crippen molar-refractivity contribution < 1.29 is 41.0 Å². The van der Waals surface area contributed by atoms with Crippen LogP contribution < -0.4 is 10.1 Å². The number of ether oxygens (including phenoxy) is 2. The Balaban J connectivity index is 2.10. The number of carbonyl (C=O) groups excluding carboxylic acids is 2. The van der Waals surface area contributed by atoms with Crippen molar-refractivity contribution in [3.8, 4) is 17.2 Å². The number of alkyl halides is 3. The maximum Gasteiger partial charge on any atom is 0.425 e. The highest BCUT2D eigenvalue weighted by Crippen LogP contribution is 2.35. The third-order valence-corrected chi connectivity index (χ3v) is 4.90. The lowest BCUT2D eigenvalue weighted by Gasteiger charge is -2.20. The average Bonchev–Trinajstić information content (AvgIpc) is 3.30. The van der Waals surface area contributed by atoms with Crippen LogP contribution >= 0.6 is 11.6 Å². The largest absolute Gasteiger partial charge is 0.480 e. The molecular formula is C20H17ClF4N4O5. The summed E-state index contributed by atoms with van der Waals surface area (Å²) in [6, 6.07) is 1.48. The Morgan fingerprint density at radius 1 is 1.26 bits per heavy atom. The van der Waals surface area contributed by atoms with E-state index in [1.807, 2.05) is 0 Å². The molecule has 3 rings (SSSR count). The molecule has 0 saturated heterocycles. The van der Waals surface area contributed by atoms with Gasteiger partial charge in [-0.2, -0.15) is 18.3 Å². The van der Waals surface area contributed by atoms with Gasteiger partial charge >= 0.3 is 12.1 Å². The normalized spacial score (nSPS) is 12.4. The summed E-state index contributed by atoms with van der Waals surface area (Å²) in [5.74, 6) is -4.02. The molecule has 2 N–H and O–H groups in total. The second-order valence-corrected chi connectivity index (χ2v) is 7.37. The number of anilines is 1. The minimum atomic E-state index is -4.79. The van der Waals surface area contributed by atoms with Gasteiger partial charge in [-0.3, -0.25) is 9.89 Å². The van der Waals surface area contributed by atoms with E-state index in [0.29, 0.717) is 18.7 Å². The first-order valence-corrected chi connectivity index (χ1v) is 9.86. The lowest BCUT2D eigenvalue weighted by atomic mass is 10.1. The van der Waals surface area contributed by atoms with Gasteiger partial charge < -0.3 is 19.2 Å². The molecule has 2 aromatic heterocycles. The molecule has 0 aliphatic carbocycles. The summed E-state index contributed by atoms with van der Waals surface area (Å²) in [5.41, 5.74) is -0.860. The van der Waals surface area contributed by atoms with Crippen LogP contribution in [0.1, 0.15) is 39.2 Å². The Labute approximate surface area is 194 Å². The van der Waals surface area contributed by atoms with Crippen LogP contribution in [0.2, 0.25) is 5.15 Å². The first-order valence-electron chi connectivity index (χ1n) is 9.48. The van der Waals surface area contributed by atoms with E-state index in [2.05, 4.69) is 25.2 Å². The number of hydrogen-bond acceptors (Lipinski definition) is 7. The molecule has 0 aliphatic heterocycles. The van der Waals surface area contributed by atoms with Crippen LogP contribution in [0.4, 0.5) is 23.2 Å². The molecule has 0 aliphatic rings. The quantitative estimate of drug-likeness (QED) is 0.364. The van der Waals surface area contributed by atoms with Crippen LogP contribution in [-0.4, -0.2) is 46.4 Å². The number of nitrogens with one attached hydrogen (secondary N) is 2. The zero-order valence-electron chi connectivity index (χ0n) is 18.1. The predicted molar refractivity (Wildman–Crippen MR) is 110 cm³/mol. The average molecular weight is 505 g/mol. The molecule has 14 heteroatoms. The van der Waals surface area contributed by atoms with Gasteiger partial charge in [0, 0.05) is 0 Å². The number of hydrogen-bond donors (Lipinski definition) is 2. The highest BCUT2D eigenvalue weighted by molar-refractivity contribution is 6.33. The standard InChI is InChI=1S/C20H17ClF4N4O5/c1-7-14(16(21)29-28-7)26-17(30)11-5-12(22)10(6-13(11)34-9(3)20(23,24)25)18-27-15(8(2)33-18)19(31)32-4/h5-6,9H,1-4H3,(H,26,30)(H,28,29). The van der Waals surface area contributed by atoms with Crippen molar-refractivity contribution in [2.45, 2.75) is 33.1 Å². The zero-order valence-corrected chi connectivity index (χ0v) is 18.8. The van der Waals surface area contributed by atoms with Crippen molar-refractivity contribution >= 4 is 29.2 Å². The second kappa shape index (κ2) is 9.33. The minimum Gasteiger partial charge on any atom is -0.480 e. The summed E-state index contributed by atoms with van der Waals surface area (Å²) in [6.45, 7) is 3.61. The van der Waals surface area contributed by atoms with E-state index in [1.54, 1.807) is 0 Å². The number of esters is 1. The van der Waals surface area contributed by atoms with Crippen LogP contribution in [0.3, 0.4) is 0 Å². The second-order valence-electron chi connectivity index (χ2n) is 7.01. The van der Waals surface area contributed by atoms with E-state index in [-0.39, 0.29) is 22.3 Å². The number of aryl methyl sites for hydroxylation is 2. The van der Waals surface area contributed by atoms with Gasteiger partial charge in [0.15, 0.2) is 17.0 Å². The van der Waals surface area contributed by atoms with E-state index >= 15 is 0 Å². The monoisotopic (exact) mass is 504 g/mol. The summed E-state index contributed by atoms with van der Waals surface area (Å²) in [5, 5.41) is 8.44. The number of oxazole rings is 1. The van der Waals surface area contributed by atoms with Crippen molar-refractivity contribution in [3.05, 3.63) is 45.8 Å². The highest BCUT2D eigenvalue weighted by Gasteiger charge is 2.39. The summed E-state index contributed by atoms with van der Waals surface area (Å²) >= 11 is 5.88. The van der Waals surface area contributed by atoms with Gasteiger partial charge in [0.2, 0.25) is 5.89 Å². The highest BCUT2D eigenvalue weighted by atomic mass is 35.5. The predicted octanol–water partition coefficient (Wildman–Crippen LogP) is 4.84. The van der Waals surface area contributed by atoms with Crippen molar-refractivity contribution in [1.82, 2.24) is 15.2 Å². The molecule has 0 spiro atoms. The first-order chi connectivity index (χ1) is 15.8. The minimum absolute atomic E-state index is 0.0146. The molecule has 0 fully saturated rings. The van der Waals surface area contributed by atoms with Gasteiger partial charge in [-0.25, -0.2) is 14.2 Å². The number of aromatic nitrogens is 3. The smallest absolute Gasteiger partial charge is 0.425 e. The number of carbonyl (C=O) groups is 2. The van der Waals surface area contributed by atoms with Crippen LogP contribution in [0, 0.1) is 19.7 Å². The molecule has 1 amide bonds. The van der Waals surface area contributed by atoms with Crippen LogP contribution in [0.5, 0.6) is 5.75 Å². The van der Waals surface area contributed by atoms with E-state index in [1.165, 1.54) is 13.8 Å². The van der Waals surface area contributed by atoms with Gasteiger partial charge in [0.25, 0.3) is 5.91 Å². The fourth-order valence-corrected chi connectivity index (χ4v) is 3.00. The number of halogens is 5. The zero-order chi connectivity index (χ0) is 25.4. The van der Waals surface area contributed by atoms with E-state index in [0.717, 1.165) is 13.2 Å². The molecule has 0 saturated carbocycles. The molecule has 9 nitrogen and oxygen atoms in total. The van der Waals surface area contributed by atoms with Gasteiger partial charge in [0.1, 0.15) is 23.0 Å².